The van der Waals surface area contributed by atoms with Crippen molar-refractivity contribution in [2.24, 2.45) is 0 Å². The van der Waals surface area contributed by atoms with Gasteiger partial charge in [-0.2, -0.15) is 0 Å². The molecule has 2 rings (SSSR count). The molecule has 2 aromatic rings. The molecule has 78 valence electrons. The molecule has 0 saturated carbocycles. The fourth-order valence-electron chi connectivity index (χ4n) is 1.51. The normalized spacial score (nSPS) is 10.9. The van der Waals surface area contributed by atoms with E-state index in [0.29, 0.717) is 21.0 Å². The highest BCUT2D eigenvalue weighted by Gasteiger charge is 2.17. The van der Waals surface area contributed by atoms with E-state index in [4.69, 9.17) is 28.3 Å². The van der Waals surface area contributed by atoms with Gasteiger partial charge in [-0.15, -0.1) is 11.3 Å². The van der Waals surface area contributed by atoms with Gasteiger partial charge in [0.25, 0.3) is 0 Å². The summed E-state index contributed by atoms with van der Waals surface area (Å²) in [5.41, 5.74) is 0.291. The van der Waals surface area contributed by atoms with Gasteiger partial charge in [0.15, 0.2) is 0 Å². The predicted molar refractivity (Wildman–Crippen MR) is 63.5 cm³/mol. The molecule has 1 aromatic carbocycles. The smallest absolute Gasteiger partial charge is 0.337 e. The molecule has 0 unspecified atom stereocenters. The number of carboxylic acids is 1. The van der Waals surface area contributed by atoms with Crippen LogP contribution in [0, 0.1) is 6.92 Å². The zero-order valence-electron chi connectivity index (χ0n) is 7.67. The van der Waals surface area contributed by atoms with Crippen molar-refractivity contribution in [3.63, 3.8) is 0 Å². The lowest BCUT2D eigenvalue weighted by Gasteiger charge is -1.97. The number of aromatic carboxylic acids is 1. The molecule has 0 saturated heterocycles. The van der Waals surface area contributed by atoms with Crippen LogP contribution in [0.15, 0.2) is 12.1 Å². The second-order valence-corrected chi connectivity index (χ2v) is 5.17. The molecule has 1 heterocycles. The third-order valence-electron chi connectivity index (χ3n) is 2.10. The summed E-state index contributed by atoms with van der Waals surface area (Å²) in [4.78, 5) is 11.8. The average Bonchev–Trinajstić information content (AvgIpc) is 2.41. The third-order valence-corrected chi connectivity index (χ3v) is 3.88. The molecule has 0 spiro atoms. The van der Waals surface area contributed by atoms with Gasteiger partial charge in [0, 0.05) is 15.3 Å². The molecule has 0 aliphatic rings. The molecule has 0 aliphatic carbocycles. The zero-order valence-corrected chi connectivity index (χ0v) is 10.0. The summed E-state index contributed by atoms with van der Waals surface area (Å²) in [5, 5.41) is 10.6. The number of thiophene rings is 1. The van der Waals surface area contributed by atoms with Crippen molar-refractivity contribution < 1.29 is 9.90 Å². The van der Waals surface area contributed by atoms with E-state index in [1.807, 2.05) is 0 Å². The number of benzene rings is 1. The molecule has 0 atom stereocenters. The van der Waals surface area contributed by atoms with E-state index in [9.17, 15) is 4.79 Å². The summed E-state index contributed by atoms with van der Waals surface area (Å²) in [5.74, 6) is -0.947. The molecule has 1 N–H and O–H groups in total. The summed E-state index contributed by atoms with van der Waals surface area (Å²) >= 11 is 13.2. The van der Waals surface area contributed by atoms with Crippen LogP contribution in [0.1, 0.15) is 15.2 Å². The Bertz CT molecular complexity index is 560. The quantitative estimate of drug-likeness (QED) is 0.834. The Labute approximate surface area is 100 Å². The van der Waals surface area contributed by atoms with Crippen LogP contribution >= 0.6 is 34.5 Å². The van der Waals surface area contributed by atoms with Crippen molar-refractivity contribution in [3.8, 4) is 0 Å². The van der Waals surface area contributed by atoms with Crippen LogP contribution in [0.5, 0.6) is 0 Å². The number of hydrogen-bond acceptors (Lipinski definition) is 2. The topological polar surface area (TPSA) is 37.3 Å². The van der Waals surface area contributed by atoms with Gasteiger partial charge in [-0.3, -0.25) is 0 Å². The van der Waals surface area contributed by atoms with Gasteiger partial charge < -0.3 is 5.11 Å². The highest BCUT2D eigenvalue weighted by molar-refractivity contribution is 7.20. The second kappa shape index (κ2) is 3.67. The monoisotopic (exact) mass is 260 g/mol. The van der Waals surface area contributed by atoms with Crippen LogP contribution in [-0.2, 0) is 0 Å². The minimum Gasteiger partial charge on any atom is -0.478 e. The van der Waals surface area contributed by atoms with Crippen LogP contribution in [0.25, 0.3) is 10.1 Å². The molecule has 1 aromatic heterocycles. The standard InChI is InChI=1S/C10H6Cl2O2S/c1-4-8(10(13)14)6-2-5(11)3-7(12)9(6)15-4/h2-3H,1H3,(H,13,14). The molecule has 0 fully saturated rings. The molecule has 0 amide bonds. The summed E-state index contributed by atoms with van der Waals surface area (Å²) < 4.78 is 0.774. The summed E-state index contributed by atoms with van der Waals surface area (Å²) in [7, 11) is 0. The van der Waals surface area contributed by atoms with Gasteiger partial charge >= 0.3 is 5.97 Å². The fourth-order valence-corrected chi connectivity index (χ4v) is 3.15. The van der Waals surface area contributed by atoms with Crippen molar-refractivity contribution in [3.05, 3.63) is 32.6 Å². The van der Waals surface area contributed by atoms with Crippen molar-refractivity contribution in [2.45, 2.75) is 6.92 Å². The van der Waals surface area contributed by atoms with E-state index in [-0.39, 0.29) is 0 Å². The van der Waals surface area contributed by atoms with Gasteiger partial charge in [0.1, 0.15) is 0 Å². The van der Waals surface area contributed by atoms with Gasteiger partial charge in [-0.25, -0.2) is 4.79 Å². The largest absolute Gasteiger partial charge is 0.478 e. The number of carbonyl (C=O) groups is 1. The SMILES string of the molecule is Cc1sc2c(Cl)cc(Cl)cc2c1C(=O)O. The summed E-state index contributed by atoms with van der Waals surface area (Å²) in [6.45, 7) is 1.76. The lowest BCUT2D eigenvalue weighted by Crippen LogP contribution is -1.96. The van der Waals surface area contributed by atoms with E-state index in [2.05, 4.69) is 0 Å². The van der Waals surface area contributed by atoms with Crippen LogP contribution in [-0.4, -0.2) is 11.1 Å². The first-order valence-electron chi connectivity index (χ1n) is 4.12. The van der Waals surface area contributed by atoms with Gasteiger partial charge in [-0.1, -0.05) is 23.2 Å². The van der Waals surface area contributed by atoms with E-state index in [1.54, 1.807) is 19.1 Å². The van der Waals surface area contributed by atoms with Crippen LogP contribution in [0.3, 0.4) is 0 Å². The van der Waals surface area contributed by atoms with Crippen molar-refractivity contribution in [1.29, 1.82) is 0 Å². The lowest BCUT2D eigenvalue weighted by molar-refractivity contribution is 0.0699. The number of halogens is 2. The highest BCUT2D eigenvalue weighted by Crippen LogP contribution is 2.37. The Morgan fingerprint density at radius 1 is 1.40 bits per heavy atom. The van der Waals surface area contributed by atoms with E-state index in [0.717, 1.165) is 9.58 Å². The Balaban J connectivity index is 2.93. The van der Waals surface area contributed by atoms with E-state index in [1.165, 1.54) is 11.3 Å². The molecule has 0 aliphatic heterocycles. The van der Waals surface area contributed by atoms with Crippen molar-refractivity contribution in [1.82, 2.24) is 0 Å². The highest BCUT2D eigenvalue weighted by atomic mass is 35.5. The van der Waals surface area contributed by atoms with Gasteiger partial charge in [-0.05, 0) is 19.1 Å². The lowest BCUT2D eigenvalue weighted by atomic mass is 10.1. The molecule has 0 bridgehead atoms. The minimum atomic E-state index is -0.947. The second-order valence-electron chi connectivity index (χ2n) is 3.10. The molecular formula is C10H6Cl2O2S. The first-order chi connectivity index (χ1) is 7.00. The van der Waals surface area contributed by atoms with Crippen LogP contribution < -0.4 is 0 Å². The fraction of sp³-hybridized carbons (Fsp3) is 0.100. The first kappa shape index (κ1) is 10.7. The Hall–Kier alpha value is -0.770. The van der Waals surface area contributed by atoms with Gasteiger partial charge in [0.2, 0.25) is 0 Å². The van der Waals surface area contributed by atoms with Gasteiger partial charge in [0.05, 0.1) is 15.3 Å². The number of hydrogen-bond donors (Lipinski definition) is 1. The number of aryl methyl sites for hydroxylation is 1. The van der Waals surface area contributed by atoms with E-state index < -0.39 is 5.97 Å². The maximum absolute atomic E-state index is 11.0. The van der Waals surface area contributed by atoms with Crippen molar-refractivity contribution in [2.75, 3.05) is 0 Å². The van der Waals surface area contributed by atoms with Crippen molar-refractivity contribution >= 4 is 50.6 Å². The Morgan fingerprint density at radius 2 is 2.07 bits per heavy atom. The zero-order chi connectivity index (χ0) is 11.2. The Morgan fingerprint density at radius 3 is 2.67 bits per heavy atom. The molecule has 2 nitrogen and oxygen atoms in total. The number of carboxylic acid groups (broad SMARTS) is 1. The summed E-state index contributed by atoms with van der Waals surface area (Å²) in [6, 6.07) is 3.25. The van der Waals surface area contributed by atoms with Crippen LogP contribution in [0.4, 0.5) is 0 Å². The summed E-state index contributed by atoms with van der Waals surface area (Å²) in [6.07, 6.45) is 0. The molecule has 5 heteroatoms. The molecule has 15 heavy (non-hydrogen) atoms. The predicted octanol–water partition coefficient (Wildman–Crippen LogP) is 4.21. The molecule has 0 radical (unpaired) electrons. The third kappa shape index (κ3) is 1.71. The number of fused-ring (bicyclic) bond motifs is 1. The Kier molecular flexibility index (Phi) is 2.63. The maximum Gasteiger partial charge on any atom is 0.337 e. The molecular weight excluding hydrogens is 255 g/mol. The average molecular weight is 261 g/mol. The number of rotatable bonds is 1. The minimum absolute atomic E-state index is 0.291. The van der Waals surface area contributed by atoms with E-state index >= 15 is 0 Å². The van der Waals surface area contributed by atoms with Crippen LogP contribution in [0.2, 0.25) is 10.0 Å². The first-order valence-corrected chi connectivity index (χ1v) is 5.69. The maximum atomic E-state index is 11.0.